The summed E-state index contributed by atoms with van der Waals surface area (Å²) < 4.78 is 16.9. The molecular weight excluding hydrogens is 640 g/mol. The molecule has 1 fully saturated rings. The van der Waals surface area contributed by atoms with Crippen molar-refractivity contribution >= 4 is 36.1 Å². The van der Waals surface area contributed by atoms with E-state index in [2.05, 4.69) is 10.6 Å². The number of carboxylic acid groups (broad SMARTS) is 1. The van der Waals surface area contributed by atoms with E-state index in [4.69, 9.17) is 14.2 Å². The minimum atomic E-state index is -1.12. The standard InChI is InChI=1S/C33H60N6O10/c1-24(40)35-25(27(42)43)13-11-12-14-34-26(41)23-36-15-17-37(28(44)47-31(2,3)4)19-21-39(30(46)49-33(8,9)10)22-20-38(18-16-36)29(45)48-32(5,6)7/h25H,11-23H2,1-10H3,(H,34,41)(H,35,40)(H,42,43)/t25-/m0/s1. The summed E-state index contributed by atoms with van der Waals surface area (Å²) in [4.78, 5) is 81.5. The average molecular weight is 701 g/mol. The maximum atomic E-state index is 13.2. The van der Waals surface area contributed by atoms with E-state index in [1.165, 1.54) is 21.6 Å². The molecule has 0 aromatic heterocycles. The first-order valence-electron chi connectivity index (χ1n) is 16.9. The van der Waals surface area contributed by atoms with E-state index in [0.29, 0.717) is 19.4 Å². The van der Waals surface area contributed by atoms with Crippen molar-refractivity contribution in [1.29, 1.82) is 0 Å². The second-order valence-corrected chi connectivity index (χ2v) is 15.1. The maximum Gasteiger partial charge on any atom is 0.410 e. The molecule has 16 heteroatoms. The second-order valence-electron chi connectivity index (χ2n) is 15.1. The van der Waals surface area contributed by atoms with Crippen LogP contribution in [0.15, 0.2) is 0 Å². The zero-order chi connectivity index (χ0) is 37.6. The van der Waals surface area contributed by atoms with Crippen LogP contribution < -0.4 is 10.6 Å². The minimum absolute atomic E-state index is 0.0298. The SMILES string of the molecule is CC(=O)N[C@@H](CCCCNC(=O)CN1CCN(C(=O)OC(C)(C)C)CCN(C(=O)OC(C)(C)C)CCN(C(=O)OC(C)(C)C)CC1)C(=O)O. The van der Waals surface area contributed by atoms with Gasteiger partial charge in [0.25, 0.3) is 0 Å². The van der Waals surface area contributed by atoms with Gasteiger partial charge in [-0.05, 0) is 81.6 Å². The number of carbonyl (C=O) groups excluding carboxylic acids is 5. The monoisotopic (exact) mass is 700 g/mol. The van der Waals surface area contributed by atoms with Crippen LogP contribution in [0.5, 0.6) is 0 Å². The molecule has 0 bridgehead atoms. The van der Waals surface area contributed by atoms with E-state index in [1.807, 2.05) is 4.90 Å². The number of rotatable bonds is 9. The highest BCUT2D eigenvalue weighted by Crippen LogP contribution is 2.15. The fraction of sp³-hybridized carbons (Fsp3) is 0.818. The summed E-state index contributed by atoms with van der Waals surface area (Å²) in [5.74, 6) is -1.83. The molecule has 0 radical (unpaired) electrons. The predicted octanol–water partition coefficient (Wildman–Crippen LogP) is 2.89. The number of nitrogens with zero attached hydrogens (tertiary/aromatic N) is 4. The van der Waals surface area contributed by atoms with Gasteiger partial charge < -0.3 is 44.7 Å². The zero-order valence-electron chi connectivity index (χ0n) is 31.2. The molecule has 1 saturated heterocycles. The largest absolute Gasteiger partial charge is 0.480 e. The Kier molecular flexibility index (Phi) is 17.1. The molecule has 1 rings (SSSR count). The number of carboxylic acids is 1. The van der Waals surface area contributed by atoms with Crippen LogP contribution >= 0.6 is 0 Å². The lowest BCUT2D eigenvalue weighted by Crippen LogP contribution is -2.52. The Hall–Kier alpha value is -3.82. The van der Waals surface area contributed by atoms with Gasteiger partial charge in [0, 0.05) is 65.8 Å². The van der Waals surface area contributed by atoms with Crippen LogP contribution in [0, 0.1) is 0 Å². The van der Waals surface area contributed by atoms with E-state index in [9.17, 15) is 33.9 Å². The first kappa shape index (κ1) is 43.2. The molecule has 1 atom stereocenters. The molecule has 3 N–H and O–H groups in total. The van der Waals surface area contributed by atoms with Crippen LogP contribution in [-0.2, 0) is 28.6 Å². The third-order valence-corrected chi connectivity index (χ3v) is 6.89. The molecule has 16 nitrogen and oxygen atoms in total. The van der Waals surface area contributed by atoms with Crippen LogP contribution in [-0.4, -0.2) is 149 Å². The van der Waals surface area contributed by atoms with Crippen LogP contribution in [0.4, 0.5) is 14.4 Å². The highest BCUT2D eigenvalue weighted by molar-refractivity contribution is 5.82. The predicted molar refractivity (Wildman–Crippen MR) is 182 cm³/mol. The van der Waals surface area contributed by atoms with Gasteiger partial charge in [-0.2, -0.15) is 0 Å². The van der Waals surface area contributed by atoms with E-state index >= 15 is 0 Å². The first-order chi connectivity index (χ1) is 22.5. The summed E-state index contributed by atoms with van der Waals surface area (Å²) in [7, 11) is 0. The lowest BCUT2D eigenvalue weighted by Gasteiger charge is -2.35. The van der Waals surface area contributed by atoms with Gasteiger partial charge in [-0.25, -0.2) is 19.2 Å². The van der Waals surface area contributed by atoms with Crippen molar-refractivity contribution in [3.05, 3.63) is 0 Å². The van der Waals surface area contributed by atoms with Crippen molar-refractivity contribution in [3.8, 4) is 0 Å². The van der Waals surface area contributed by atoms with Crippen LogP contribution in [0.1, 0.15) is 88.5 Å². The normalized spacial score (nSPS) is 16.4. The molecule has 1 aliphatic rings. The summed E-state index contributed by atoms with van der Waals surface area (Å²) in [5, 5.41) is 14.5. The third-order valence-electron chi connectivity index (χ3n) is 6.89. The number of amides is 5. The van der Waals surface area contributed by atoms with Crippen LogP contribution in [0.25, 0.3) is 0 Å². The van der Waals surface area contributed by atoms with E-state index in [0.717, 1.165) is 0 Å². The first-order valence-corrected chi connectivity index (χ1v) is 16.9. The van der Waals surface area contributed by atoms with Crippen molar-refractivity contribution in [2.75, 3.05) is 65.4 Å². The fourth-order valence-electron chi connectivity index (χ4n) is 4.60. The van der Waals surface area contributed by atoms with Gasteiger partial charge in [0.2, 0.25) is 11.8 Å². The van der Waals surface area contributed by atoms with Crippen molar-refractivity contribution in [1.82, 2.24) is 30.2 Å². The number of ether oxygens (including phenoxy) is 3. The molecular formula is C33H60N6O10. The number of hydrogen-bond donors (Lipinski definition) is 3. The van der Waals surface area contributed by atoms with Gasteiger partial charge in [0.05, 0.1) is 6.54 Å². The van der Waals surface area contributed by atoms with Crippen molar-refractivity contribution < 1.29 is 48.1 Å². The average Bonchev–Trinajstić information content (AvgIpc) is 2.90. The molecule has 0 spiro atoms. The summed E-state index contributed by atoms with van der Waals surface area (Å²) in [5.41, 5.74) is -2.28. The summed E-state index contributed by atoms with van der Waals surface area (Å²) in [6, 6.07) is -0.993. The Balaban J connectivity index is 3.13. The summed E-state index contributed by atoms with van der Waals surface area (Å²) in [6.45, 7) is 18.7. The molecule has 282 valence electrons. The number of nitrogens with one attached hydrogen (secondary N) is 2. The van der Waals surface area contributed by atoms with Gasteiger partial charge in [0.1, 0.15) is 22.8 Å². The third kappa shape index (κ3) is 19.7. The lowest BCUT2D eigenvalue weighted by molar-refractivity contribution is -0.141. The molecule has 5 amide bonds. The van der Waals surface area contributed by atoms with Gasteiger partial charge in [0.15, 0.2) is 0 Å². The number of hydrogen-bond acceptors (Lipinski definition) is 10. The highest BCUT2D eigenvalue weighted by atomic mass is 16.6. The minimum Gasteiger partial charge on any atom is -0.480 e. The van der Waals surface area contributed by atoms with Crippen molar-refractivity contribution in [2.24, 2.45) is 0 Å². The van der Waals surface area contributed by atoms with E-state index < -0.39 is 53.0 Å². The van der Waals surface area contributed by atoms with Crippen LogP contribution in [0.2, 0.25) is 0 Å². The molecule has 0 unspecified atom stereocenters. The summed E-state index contributed by atoms with van der Waals surface area (Å²) >= 11 is 0. The molecule has 1 aliphatic heterocycles. The Morgan fingerprint density at radius 1 is 0.633 bits per heavy atom. The fourth-order valence-corrected chi connectivity index (χ4v) is 4.60. The van der Waals surface area contributed by atoms with Crippen LogP contribution in [0.3, 0.4) is 0 Å². The lowest BCUT2D eigenvalue weighted by atomic mass is 10.1. The topological polar surface area (TPSA) is 187 Å². The second kappa shape index (κ2) is 19.4. The van der Waals surface area contributed by atoms with Crippen molar-refractivity contribution in [3.63, 3.8) is 0 Å². The molecule has 0 aromatic carbocycles. The zero-order valence-corrected chi connectivity index (χ0v) is 31.2. The van der Waals surface area contributed by atoms with E-state index in [1.54, 1.807) is 62.3 Å². The molecule has 0 saturated carbocycles. The van der Waals surface area contributed by atoms with Crippen molar-refractivity contribution in [2.45, 2.75) is 111 Å². The quantitative estimate of drug-likeness (QED) is 0.237. The van der Waals surface area contributed by atoms with E-state index in [-0.39, 0.29) is 71.2 Å². The Morgan fingerprint density at radius 2 is 1.00 bits per heavy atom. The molecule has 1 heterocycles. The number of carbonyl (C=O) groups is 6. The number of aliphatic carboxylic acids is 1. The Labute approximate surface area is 291 Å². The maximum absolute atomic E-state index is 13.2. The Bertz CT molecular complexity index is 1080. The Morgan fingerprint density at radius 3 is 1.33 bits per heavy atom. The van der Waals surface area contributed by atoms with Gasteiger partial charge in [-0.3, -0.25) is 14.5 Å². The molecule has 0 aromatic rings. The smallest absolute Gasteiger partial charge is 0.410 e. The highest BCUT2D eigenvalue weighted by Gasteiger charge is 2.30. The summed E-state index contributed by atoms with van der Waals surface area (Å²) in [6.07, 6.45) is -0.507. The van der Waals surface area contributed by atoms with Gasteiger partial charge >= 0.3 is 24.2 Å². The van der Waals surface area contributed by atoms with Gasteiger partial charge in [-0.15, -0.1) is 0 Å². The molecule has 49 heavy (non-hydrogen) atoms. The molecule has 0 aliphatic carbocycles. The van der Waals surface area contributed by atoms with Gasteiger partial charge in [-0.1, -0.05) is 0 Å². The number of unbranched alkanes of at least 4 members (excludes halogenated alkanes) is 1.